The molecule has 1 aliphatic rings. The van der Waals surface area contributed by atoms with Crippen LogP contribution in [0.3, 0.4) is 0 Å². The van der Waals surface area contributed by atoms with Gasteiger partial charge in [-0.1, -0.05) is 13.0 Å². The third-order valence-corrected chi connectivity index (χ3v) is 4.75. The van der Waals surface area contributed by atoms with Gasteiger partial charge in [0.2, 0.25) is 0 Å². The van der Waals surface area contributed by atoms with Gasteiger partial charge in [0, 0.05) is 35.3 Å². The van der Waals surface area contributed by atoms with Crippen molar-refractivity contribution >= 4 is 17.4 Å². The first-order chi connectivity index (χ1) is 8.63. The molecule has 1 aliphatic heterocycles. The molecule has 2 unspecified atom stereocenters. The Kier molecular flexibility index (Phi) is 4.51. The van der Waals surface area contributed by atoms with Crippen LogP contribution in [0.2, 0.25) is 0 Å². The van der Waals surface area contributed by atoms with Crippen molar-refractivity contribution in [2.24, 2.45) is 0 Å². The molecule has 1 saturated heterocycles. The minimum atomic E-state index is -0.768. The van der Waals surface area contributed by atoms with Gasteiger partial charge in [0.05, 0.1) is 6.10 Å². The molecule has 2 nitrogen and oxygen atoms in total. The summed E-state index contributed by atoms with van der Waals surface area (Å²) in [5, 5.41) is 10.4. The third-order valence-electron chi connectivity index (χ3n) is 3.38. The number of benzene rings is 1. The summed E-state index contributed by atoms with van der Waals surface area (Å²) >= 11 is 1.98. The topological polar surface area (TPSA) is 23.5 Å². The maximum absolute atomic E-state index is 13.8. The van der Waals surface area contributed by atoms with Gasteiger partial charge in [0.25, 0.3) is 0 Å². The zero-order valence-corrected chi connectivity index (χ0v) is 11.7. The Morgan fingerprint density at radius 1 is 1.56 bits per heavy atom. The molecular weight excluding hydrogens is 249 g/mol. The minimum absolute atomic E-state index is 0.311. The summed E-state index contributed by atoms with van der Waals surface area (Å²) in [6, 6.07) is 5.05. The van der Waals surface area contributed by atoms with Gasteiger partial charge in [-0.2, -0.15) is 11.8 Å². The zero-order valence-electron chi connectivity index (χ0n) is 10.9. The lowest BCUT2D eigenvalue weighted by molar-refractivity contribution is 0.194. The minimum Gasteiger partial charge on any atom is -0.389 e. The molecule has 1 heterocycles. The van der Waals surface area contributed by atoms with Crippen LogP contribution in [0.5, 0.6) is 0 Å². The van der Waals surface area contributed by atoms with Gasteiger partial charge >= 0.3 is 0 Å². The highest BCUT2D eigenvalue weighted by atomic mass is 32.2. The van der Waals surface area contributed by atoms with Gasteiger partial charge in [0.1, 0.15) is 5.82 Å². The van der Waals surface area contributed by atoms with E-state index < -0.39 is 6.10 Å². The van der Waals surface area contributed by atoms with E-state index in [1.807, 2.05) is 17.8 Å². The Morgan fingerprint density at radius 2 is 2.33 bits per heavy atom. The largest absolute Gasteiger partial charge is 0.389 e. The van der Waals surface area contributed by atoms with Crippen molar-refractivity contribution in [3.05, 3.63) is 29.6 Å². The molecule has 0 aliphatic carbocycles. The second-order valence-electron chi connectivity index (χ2n) is 4.70. The molecule has 4 heteroatoms. The number of rotatable bonds is 3. The molecule has 1 N–H and O–H groups in total. The molecular formula is C14H20FNOS. The highest BCUT2D eigenvalue weighted by Crippen LogP contribution is 2.32. The van der Waals surface area contributed by atoms with Crippen molar-refractivity contribution in [2.75, 3.05) is 23.7 Å². The van der Waals surface area contributed by atoms with Crippen LogP contribution < -0.4 is 4.90 Å². The van der Waals surface area contributed by atoms with E-state index in [0.717, 1.165) is 31.0 Å². The number of aliphatic hydroxyl groups excluding tert-OH is 1. The maximum atomic E-state index is 13.8. The first-order valence-electron chi connectivity index (χ1n) is 6.46. The molecule has 0 amide bonds. The summed E-state index contributed by atoms with van der Waals surface area (Å²) < 4.78 is 13.8. The van der Waals surface area contributed by atoms with E-state index in [1.54, 1.807) is 13.0 Å². The lowest BCUT2D eigenvalue weighted by Gasteiger charge is -2.35. The molecule has 1 aromatic rings. The average Bonchev–Trinajstić information content (AvgIpc) is 2.38. The van der Waals surface area contributed by atoms with Crippen molar-refractivity contribution < 1.29 is 9.50 Å². The Morgan fingerprint density at radius 3 is 3.00 bits per heavy atom. The quantitative estimate of drug-likeness (QED) is 0.911. The van der Waals surface area contributed by atoms with Crippen LogP contribution in [-0.2, 0) is 0 Å². The Labute approximate surface area is 112 Å². The Balaban J connectivity index is 2.29. The van der Waals surface area contributed by atoms with Crippen LogP contribution in [0.4, 0.5) is 10.1 Å². The molecule has 18 heavy (non-hydrogen) atoms. The monoisotopic (exact) mass is 269 g/mol. The number of hydrogen-bond acceptors (Lipinski definition) is 3. The van der Waals surface area contributed by atoms with Gasteiger partial charge in [-0.15, -0.1) is 0 Å². The van der Waals surface area contributed by atoms with Gasteiger partial charge in [-0.05, 0) is 25.5 Å². The van der Waals surface area contributed by atoms with Gasteiger partial charge in [-0.25, -0.2) is 4.39 Å². The average molecular weight is 269 g/mol. The molecule has 2 atom stereocenters. The summed E-state index contributed by atoms with van der Waals surface area (Å²) in [5.41, 5.74) is 1.28. The van der Waals surface area contributed by atoms with E-state index in [9.17, 15) is 9.50 Å². The van der Waals surface area contributed by atoms with E-state index in [1.165, 1.54) is 6.07 Å². The predicted octanol–water partition coefficient (Wildman–Crippen LogP) is 3.21. The number of halogens is 1. The van der Waals surface area contributed by atoms with Crippen molar-refractivity contribution in [1.82, 2.24) is 0 Å². The molecule has 0 saturated carbocycles. The number of hydrogen-bond donors (Lipinski definition) is 1. The standard InChI is InChI=1S/C14H20FNOS/c1-3-11-9-16(7-8-18-11)13-6-4-5-12(15)14(13)10(2)17/h4-6,10-11,17H,3,7-9H2,1-2H3. The van der Waals surface area contributed by atoms with Crippen molar-refractivity contribution in [2.45, 2.75) is 31.6 Å². The van der Waals surface area contributed by atoms with Crippen LogP contribution >= 0.6 is 11.8 Å². The lowest BCUT2D eigenvalue weighted by atomic mass is 10.1. The van der Waals surface area contributed by atoms with Crippen molar-refractivity contribution in [3.8, 4) is 0 Å². The third kappa shape index (κ3) is 2.81. The molecule has 100 valence electrons. The summed E-state index contributed by atoms with van der Waals surface area (Å²) in [6.45, 7) is 5.66. The van der Waals surface area contributed by atoms with E-state index in [2.05, 4.69) is 11.8 Å². The Bertz CT molecular complexity index is 411. The number of anilines is 1. The molecule has 0 bridgehead atoms. The molecule has 0 aromatic heterocycles. The Hall–Kier alpha value is -0.740. The van der Waals surface area contributed by atoms with Crippen LogP contribution in [0.15, 0.2) is 18.2 Å². The van der Waals surface area contributed by atoms with Crippen LogP contribution in [0, 0.1) is 5.82 Å². The summed E-state index contributed by atoms with van der Waals surface area (Å²) in [6.07, 6.45) is 0.358. The van der Waals surface area contributed by atoms with Crippen molar-refractivity contribution in [1.29, 1.82) is 0 Å². The molecule has 1 aromatic carbocycles. The second-order valence-corrected chi connectivity index (χ2v) is 6.10. The summed E-state index contributed by atoms with van der Waals surface area (Å²) in [5.74, 6) is 0.752. The van der Waals surface area contributed by atoms with Crippen molar-refractivity contribution in [3.63, 3.8) is 0 Å². The normalized spacial score (nSPS) is 22.0. The fraction of sp³-hybridized carbons (Fsp3) is 0.571. The lowest BCUT2D eigenvalue weighted by Crippen LogP contribution is -2.38. The maximum Gasteiger partial charge on any atom is 0.131 e. The molecule has 1 fully saturated rings. The molecule has 0 spiro atoms. The predicted molar refractivity (Wildman–Crippen MR) is 75.8 cm³/mol. The van der Waals surface area contributed by atoms with Gasteiger partial charge in [-0.3, -0.25) is 0 Å². The number of thioether (sulfide) groups is 1. The first kappa shape index (κ1) is 13.7. The van der Waals surface area contributed by atoms with E-state index in [-0.39, 0.29) is 5.82 Å². The SMILES string of the molecule is CCC1CN(c2cccc(F)c2C(C)O)CCS1. The number of nitrogens with zero attached hydrogens (tertiary/aromatic N) is 1. The molecule has 0 radical (unpaired) electrons. The van der Waals surface area contributed by atoms with Gasteiger partial charge < -0.3 is 10.0 Å². The fourth-order valence-electron chi connectivity index (χ4n) is 2.40. The highest BCUT2D eigenvalue weighted by molar-refractivity contribution is 8.00. The van der Waals surface area contributed by atoms with Crippen LogP contribution in [-0.4, -0.2) is 29.2 Å². The van der Waals surface area contributed by atoms with Crippen LogP contribution in [0.25, 0.3) is 0 Å². The molecule has 2 rings (SSSR count). The van der Waals surface area contributed by atoms with Gasteiger partial charge in [0.15, 0.2) is 0 Å². The first-order valence-corrected chi connectivity index (χ1v) is 7.51. The summed E-state index contributed by atoms with van der Waals surface area (Å²) in [4.78, 5) is 2.20. The van der Waals surface area contributed by atoms with E-state index >= 15 is 0 Å². The van der Waals surface area contributed by atoms with Crippen LogP contribution in [0.1, 0.15) is 31.9 Å². The fourth-order valence-corrected chi connectivity index (χ4v) is 3.58. The smallest absolute Gasteiger partial charge is 0.131 e. The zero-order chi connectivity index (χ0) is 13.1. The number of aliphatic hydroxyl groups is 1. The van der Waals surface area contributed by atoms with E-state index in [4.69, 9.17) is 0 Å². The second kappa shape index (κ2) is 5.93. The van der Waals surface area contributed by atoms with E-state index in [0.29, 0.717) is 10.8 Å². The highest BCUT2D eigenvalue weighted by Gasteiger charge is 2.23. The summed E-state index contributed by atoms with van der Waals surface area (Å²) in [7, 11) is 0.